The average molecular weight is 185 g/mol. The quantitative estimate of drug-likeness (QED) is 0.426. The van der Waals surface area contributed by atoms with Gasteiger partial charge in [-0.2, -0.15) is 0 Å². The summed E-state index contributed by atoms with van der Waals surface area (Å²) in [5, 5.41) is 14.4. The van der Waals surface area contributed by atoms with Crippen molar-refractivity contribution in [3.8, 4) is 0 Å². The topological polar surface area (TPSA) is 81.7 Å². The number of hydrogen-bond donors (Lipinski definition) is 3. The number of hydrogen-bond acceptors (Lipinski definition) is 3. The first-order valence-corrected chi connectivity index (χ1v) is 4.11. The minimum absolute atomic E-state index is 0.0283. The fourth-order valence-electron chi connectivity index (χ4n) is 1.70. The van der Waals surface area contributed by atoms with E-state index in [2.05, 4.69) is 10.6 Å². The van der Waals surface area contributed by atoms with Crippen LogP contribution >= 0.6 is 0 Å². The van der Waals surface area contributed by atoms with Crippen LogP contribution in [-0.2, 0) is 4.79 Å². The van der Waals surface area contributed by atoms with E-state index >= 15 is 0 Å². The maximum Gasteiger partial charge on any atom is 0.407 e. The lowest BCUT2D eigenvalue weighted by Crippen LogP contribution is -2.77. The lowest BCUT2D eigenvalue weighted by atomic mass is 9.88. The van der Waals surface area contributed by atoms with E-state index < -0.39 is 6.09 Å². The summed E-state index contributed by atoms with van der Waals surface area (Å²) in [4.78, 5) is 22.6. The number of nitrogens with zero attached hydrogens (tertiary/aromatic N) is 1. The van der Waals surface area contributed by atoms with Crippen molar-refractivity contribution in [3.63, 3.8) is 0 Å². The van der Waals surface area contributed by atoms with E-state index in [9.17, 15) is 9.59 Å². The second-order valence-corrected chi connectivity index (χ2v) is 3.55. The van der Waals surface area contributed by atoms with Crippen molar-refractivity contribution in [2.45, 2.75) is 5.54 Å². The van der Waals surface area contributed by atoms with Crippen LogP contribution < -0.4 is 10.6 Å². The Balaban J connectivity index is 1.90. The van der Waals surface area contributed by atoms with Gasteiger partial charge in [-0.1, -0.05) is 0 Å². The van der Waals surface area contributed by atoms with Gasteiger partial charge in [0.2, 0.25) is 5.91 Å². The van der Waals surface area contributed by atoms with Crippen molar-refractivity contribution in [2.24, 2.45) is 0 Å². The highest BCUT2D eigenvalue weighted by Crippen LogP contribution is 2.21. The molecule has 13 heavy (non-hydrogen) atoms. The van der Waals surface area contributed by atoms with Crippen LogP contribution in [0, 0.1) is 0 Å². The van der Waals surface area contributed by atoms with Crippen molar-refractivity contribution in [1.82, 2.24) is 15.5 Å². The van der Waals surface area contributed by atoms with Crippen molar-refractivity contribution in [3.05, 3.63) is 0 Å². The normalized spacial score (nSPS) is 25.2. The molecule has 0 aromatic rings. The van der Waals surface area contributed by atoms with Gasteiger partial charge in [0, 0.05) is 19.6 Å². The highest BCUT2D eigenvalue weighted by Gasteiger charge is 2.47. The highest BCUT2D eigenvalue weighted by atomic mass is 16.4. The maximum atomic E-state index is 10.8. The first-order chi connectivity index (χ1) is 6.11. The van der Waals surface area contributed by atoms with Gasteiger partial charge in [-0.15, -0.1) is 0 Å². The van der Waals surface area contributed by atoms with Crippen molar-refractivity contribution in [1.29, 1.82) is 0 Å². The fourth-order valence-corrected chi connectivity index (χ4v) is 1.70. The summed E-state index contributed by atoms with van der Waals surface area (Å²) in [6.07, 6.45) is -0.899. The van der Waals surface area contributed by atoms with Crippen LogP contribution in [0.3, 0.4) is 0 Å². The van der Waals surface area contributed by atoms with E-state index in [1.54, 1.807) is 0 Å². The lowest BCUT2D eigenvalue weighted by molar-refractivity contribution is -0.124. The lowest BCUT2D eigenvalue weighted by Gasteiger charge is -2.50. The third-order valence-electron chi connectivity index (χ3n) is 2.51. The Morgan fingerprint density at radius 2 is 2.23 bits per heavy atom. The molecule has 0 unspecified atom stereocenters. The number of carbonyl (C=O) groups excluding carboxylic acids is 1. The molecule has 2 amide bonds. The molecule has 72 valence electrons. The van der Waals surface area contributed by atoms with E-state index in [0.29, 0.717) is 19.6 Å². The fraction of sp³-hybridized carbons (Fsp3) is 0.714. The molecule has 0 atom stereocenters. The summed E-state index contributed by atoms with van der Waals surface area (Å²) in [5.41, 5.74) is -0.202. The third kappa shape index (κ3) is 1.33. The molecule has 2 aliphatic heterocycles. The van der Waals surface area contributed by atoms with E-state index in [-0.39, 0.29) is 18.0 Å². The smallest absolute Gasteiger partial charge is 0.407 e. The summed E-state index contributed by atoms with van der Waals surface area (Å²) in [6, 6.07) is 0. The predicted octanol–water partition coefficient (Wildman–Crippen LogP) is -1.56. The number of piperazine rings is 1. The second-order valence-electron chi connectivity index (χ2n) is 3.55. The molecule has 0 bridgehead atoms. The van der Waals surface area contributed by atoms with Crippen molar-refractivity contribution >= 4 is 12.0 Å². The Kier molecular flexibility index (Phi) is 1.66. The molecule has 6 heteroatoms. The SMILES string of the molecule is O=C1CNC2(CN1)CN(C(=O)O)C2. The second kappa shape index (κ2) is 2.59. The average Bonchev–Trinajstić information content (AvgIpc) is 2.02. The van der Waals surface area contributed by atoms with Gasteiger partial charge in [-0.3, -0.25) is 10.1 Å². The number of amides is 2. The molecule has 2 aliphatic rings. The van der Waals surface area contributed by atoms with Crippen molar-refractivity contribution in [2.75, 3.05) is 26.2 Å². The molecule has 0 radical (unpaired) electrons. The van der Waals surface area contributed by atoms with E-state index in [4.69, 9.17) is 5.11 Å². The Bertz CT molecular complexity index is 248. The van der Waals surface area contributed by atoms with Gasteiger partial charge in [-0.25, -0.2) is 4.79 Å². The summed E-state index contributed by atoms with van der Waals surface area (Å²) in [6.45, 7) is 1.73. The molecule has 3 N–H and O–H groups in total. The largest absolute Gasteiger partial charge is 0.465 e. The molecule has 0 aromatic heterocycles. The van der Waals surface area contributed by atoms with Crippen LogP contribution in [-0.4, -0.2) is 53.7 Å². The molecule has 2 rings (SSSR count). The Labute approximate surface area is 74.9 Å². The van der Waals surface area contributed by atoms with E-state index in [1.165, 1.54) is 4.90 Å². The van der Waals surface area contributed by atoms with Gasteiger partial charge in [0.1, 0.15) is 0 Å². The molecular formula is C7H11N3O3. The predicted molar refractivity (Wildman–Crippen MR) is 43.3 cm³/mol. The minimum atomic E-state index is -0.899. The number of likely N-dealkylation sites (tertiary alicyclic amines) is 1. The zero-order valence-corrected chi connectivity index (χ0v) is 7.04. The Morgan fingerprint density at radius 1 is 1.54 bits per heavy atom. The van der Waals surface area contributed by atoms with E-state index in [1.807, 2.05) is 0 Å². The van der Waals surface area contributed by atoms with Gasteiger partial charge in [0.05, 0.1) is 12.1 Å². The van der Waals surface area contributed by atoms with Gasteiger partial charge in [0.15, 0.2) is 0 Å². The highest BCUT2D eigenvalue weighted by molar-refractivity contribution is 5.79. The van der Waals surface area contributed by atoms with Crippen LogP contribution in [0.2, 0.25) is 0 Å². The third-order valence-corrected chi connectivity index (χ3v) is 2.51. The Hall–Kier alpha value is -1.30. The summed E-state index contributed by atoms with van der Waals surface area (Å²) < 4.78 is 0. The van der Waals surface area contributed by atoms with Crippen LogP contribution in [0.4, 0.5) is 4.79 Å². The number of carbonyl (C=O) groups is 2. The minimum Gasteiger partial charge on any atom is -0.465 e. The van der Waals surface area contributed by atoms with Crippen molar-refractivity contribution < 1.29 is 14.7 Å². The molecule has 1 spiro atoms. The Morgan fingerprint density at radius 3 is 2.69 bits per heavy atom. The van der Waals surface area contributed by atoms with Crippen LogP contribution in [0.25, 0.3) is 0 Å². The van der Waals surface area contributed by atoms with E-state index in [0.717, 1.165) is 0 Å². The van der Waals surface area contributed by atoms with Crippen LogP contribution in [0.15, 0.2) is 0 Å². The molecule has 0 aliphatic carbocycles. The maximum absolute atomic E-state index is 10.8. The molecule has 2 heterocycles. The monoisotopic (exact) mass is 185 g/mol. The van der Waals surface area contributed by atoms with Gasteiger partial charge in [-0.05, 0) is 0 Å². The summed E-state index contributed by atoms with van der Waals surface area (Å²) >= 11 is 0. The zero-order chi connectivity index (χ0) is 9.47. The zero-order valence-electron chi connectivity index (χ0n) is 7.04. The van der Waals surface area contributed by atoms with Crippen LogP contribution in [0.5, 0.6) is 0 Å². The van der Waals surface area contributed by atoms with Crippen LogP contribution in [0.1, 0.15) is 0 Å². The number of rotatable bonds is 0. The first kappa shape index (κ1) is 8.31. The summed E-state index contributed by atoms with van der Waals surface area (Å²) in [5.74, 6) is -0.0283. The van der Waals surface area contributed by atoms with Gasteiger partial charge in [0.25, 0.3) is 0 Å². The standard InChI is InChI=1S/C7H11N3O3/c11-5-1-9-7(2-8-5)3-10(4-7)6(12)13/h9H,1-4H2,(H,8,11)(H,12,13). The molecule has 0 aromatic carbocycles. The molecule has 0 saturated carbocycles. The first-order valence-electron chi connectivity index (χ1n) is 4.11. The molecule has 6 nitrogen and oxygen atoms in total. The molecule has 2 saturated heterocycles. The molecular weight excluding hydrogens is 174 g/mol. The van der Waals surface area contributed by atoms with Gasteiger partial charge >= 0.3 is 6.09 Å². The summed E-state index contributed by atoms with van der Waals surface area (Å²) in [7, 11) is 0. The molecule has 2 fully saturated rings. The van der Waals surface area contributed by atoms with Gasteiger partial charge < -0.3 is 15.3 Å². The number of carboxylic acid groups (broad SMARTS) is 1. The number of nitrogens with one attached hydrogen (secondary N) is 2.